The molecule has 1 aromatic carbocycles. The maximum absolute atomic E-state index is 12.0. The van der Waals surface area contributed by atoms with Gasteiger partial charge in [-0.15, -0.1) is 0 Å². The van der Waals surface area contributed by atoms with E-state index in [1.807, 2.05) is 19.9 Å². The van der Waals surface area contributed by atoms with E-state index in [0.717, 1.165) is 11.1 Å². The highest BCUT2D eigenvalue weighted by Gasteiger charge is 2.23. The van der Waals surface area contributed by atoms with Gasteiger partial charge in [-0.3, -0.25) is 24.9 Å². The van der Waals surface area contributed by atoms with Crippen LogP contribution >= 0.6 is 0 Å². The number of urea groups is 1. The van der Waals surface area contributed by atoms with Gasteiger partial charge in [-0.05, 0) is 44.9 Å². The van der Waals surface area contributed by atoms with Gasteiger partial charge >= 0.3 is 11.7 Å². The number of hydrogen-bond donors (Lipinski definition) is 2. The molecule has 0 spiro atoms. The summed E-state index contributed by atoms with van der Waals surface area (Å²) in [6.45, 7) is 6.48. The molecule has 1 heterocycles. The van der Waals surface area contributed by atoms with Gasteiger partial charge in [0.2, 0.25) is 5.91 Å². The predicted molar refractivity (Wildman–Crippen MR) is 91.4 cm³/mol. The highest BCUT2D eigenvalue weighted by atomic mass is 16.6. The second kappa shape index (κ2) is 7.12. The van der Waals surface area contributed by atoms with E-state index in [2.05, 4.69) is 15.7 Å². The monoisotopic (exact) mass is 345 g/mol. The number of carbonyl (C=O) groups is 2. The summed E-state index contributed by atoms with van der Waals surface area (Å²) in [5.74, 6) is -0.622. The van der Waals surface area contributed by atoms with Crippen molar-refractivity contribution < 1.29 is 14.5 Å². The summed E-state index contributed by atoms with van der Waals surface area (Å²) in [5.41, 5.74) is 2.86. The molecule has 2 rings (SSSR count). The van der Waals surface area contributed by atoms with Crippen molar-refractivity contribution in [1.29, 1.82) is 0 Å². The number of nitrogens with zero attached hydrogens (tertiary/aromatic N) is 3. The Labute approximate surface area is 144 Å². The Morgan fingerprint density at radius 3 is 2.52 bits per heavy atom. The van der Waals surface area contributed by atoms with Crippen molar-refractivity contribution >= 4 is 23.3 Å². The third kappa shape index (κ3) is 4.00. The second-order valence-corrected chi connectivity index (χ2v) is 5.68. The van der Waals surface area contributed by atoms with Crippen molar-refractivity contribution in [2.45, 2.75) is 34.2 Å². The molecule has 3 amide bonds. The van der Waals surface area contributed by atoms with Crippen LogP contribution in [0.4, 0.5) is 16.2 Å². The summed E-state index contributed by atoms with van der Waals surface area (Å²) < 4.78 is 1.20. The summed E-state index contributed by atoms with van der Waals surface area (Å²) in [5, 5.41) is 19.7. The van der Waals surface area contributed by atoms with E-state index >= 15 is 0 Å². The summed E-state index contributed by atoms with van der Waals surface area (Å²) in [4.78, 5) is 34.4. The van der Waals surface area contributed by atoms with Crippen molar-refractivity contribution in [2.75, 3.05) is 5.32 Å². The number of nitro groups is 1. The highest BCUT2D eigenvalue weighted by Crippen LogP contribution is 2.21. The quantitative estimate of drug-likeness (QED) is 0.651. The maximum Gasteiger partial charge on any atom is 0.325 e. The molecule has 0 fully saturated rings. The van der Waals surface area contributed by atoms with Crippen LogP contribution in [-0.2, 0) is 11.3 Å². The molecule has 9 heteroatoms. The molecule has 0 aliphatic rings. The van der Waals surface area contributed by atoms with Gasteiger partial charge in [-0.25, -0.2) is 4.79 Å². The average Bonchev–Trinajstić information content (AvgIpc) is 2.77. The molecule has 0 bridgehead atoms. The van der Waals surface area contributed by atoms with Crippen LogP contribution < -0.4 is 10.6 Å². The van der Waals surface area contributed by atoms with Crippen LogP contribution in [-0.4, -0.2) is 26.6 Å². The van der Waals surface area contributed by atoms with Crippen molar-refractivity contribution in [2.24, 2.45) is 0 Å². The molecule has 2 N–H and O–H groups in total. The van der Waals surface area contributed by atoms with Crippen LogP contribution in [0.15, 0.2) is 18.2 Å². The molecule has 0 saturated carbocycles. The van der Waals surface area contributed by atoms with Crippen molar-refractivity contribution in [1.82, 2.24) is 15.1 Å². The second-order valence-electron chi connectivity index (χ2n) is 5.68. The smallest absolute Gasteiger partial charge is 0.307 e. The molecule has 0 atom stereocenters. The van der Waals surface area contributed by atoms with Gasteiger partial charge in [0.15, 0.2) is 0 Å². The molecule has 0 saturated heterocycles. The van der Waals surface area contributed by atoms with Crippen molar-refractivity contribution in [3.05, 3.63) is 50.8 Å². The SMILES string of the molecule is Cc1cccc(NC(=O)NC(=O)Cn2nc(C)c([N+](=O)[O-])c2C)c1C. The fourth-order valence-corrected chi connectivity index (χ4v) is 2.45. The number of aryl methyl sites for hydroxylation is 2. The fourth-order valence-electron chi connectivity index (χ4n) is 2.45. The third-order valence-electron chi connectivity index (χ3n) is 3.93. The molecular weight excluding hydrogens is 326 g/mol. The Balaban J connectivity index is 2.03. The lowest BCUT2D eigenvalue weighted by molar-refractivity contribution is -0.386. The first-order chi connectivity index (χ1) is 11.7. The Hall–Kier alpha value is -3.23. The van der Waals surface area contributed by atoms with E-state index in [1.54, 1.807) is 12.1 Å². The zero-order valence-electron chi connectivity index (χ0n) is 14.4. The first kappa shape index (κ1) is 18.1. The normalized spacial score (nSPS) is 10.4. The number of imide groups is 1. The van der Waals surface area contributed by atoms with Crippen LogP contribution in [0.5, 0.6) is 0 Å². The molecule has 132 valence electrons. The fraction of sp³-hybridized carbons (Fsp3) is 0.312. The predicted octanol–water partition coefficient (Wildman–Crippen LogP) is 2.37. The number of rotatable bonds is 4. The lowest BCUT2D eigenvalue weighted by Gasteiger charge is -2.11. The van der Waals surface area contributed by atoms with Gasteiger partial charge < -0.3 is 5.32 Å². The number of anilines is 1. The number of carbonyl (C=O) groups excluding carboxylic acids is 2. The highest BCUT2D eigenvalue weighted by molar-refractivity contribution is 6.01. The van der Waals surface area contributed by atoms with Crippen molar-refractivity contribution in [3.63, 3.8) is 0 Å². The van der Waals surface area contributed by atoms with Crippen LogP contribution in [0.2, 0.25) is 0 Å². The molecule has 0 radical (unpaired) electrons. The zero-order chi connectivity index (χ0) is 18.7. The standard InChI is InChI=1S/C16H19N5O4/c1-9-6-5-7-13(10(9)2)17-16(23)18-14(22)8-20-12(4)15(21(24)25)11(3)19-20/h5-7H,8H2,1-4H3,(H2,17,18,22,23). The minimum Gasteiger partial charge on any atom is -0.307 e. The first-order valence-corrected chi connectivity index (χ1v) is 7.56. The Bertz CT molecular complexity index is 856. The Morgan fingerprint density at radius 1 is 1.24 bits per heavy atom. The lowest BCUT2D eigenvalue weighted by Crippen LogP contribution is -2.37. The van der Waals surface area contributed by atoms with E-state index in [4.69, 9.17) is 0 Å². The average molecular weight is 345 g/mol. The van der Waals surface area contributed by atoms with E-state index in [9.17, 15) is 19.7 Å². The Morgan fingerprint density at radius 2 is 1.92 bits per heavy atom. The molecule has 1 aromatic heterocycles. The van der Waals surface area contributed by atoms with Gasteiger partial charge in [-0.2, -0.15) is 5.10 Å². The molecule has 25 heavy (non-hydrogen) atoms. The molecular formula is C16H19N5O4. The first-order valence-electron chi connectivity index (χ1n) is 7.56. The molecule has 0 aliphatic carbocycles. The van der Waals surface area contributed by atoms with Crippen LogP contribution in [0, 0.1) is 37.8 Å². The molecule has 2 aromatic rings. The summed E-state index contributed by atoms with van der Waals surface area (Å²) in [7, 11) is 0. The number of amides is 3. The minimum absolute atomic E-state index is 0.132. The van der Waals surface area contributed by atoms with Gasteiger partial charge in [0.05, 0.1) is 4.92 Å². The van der Waals surface area contributed by atoms with Gasteiger partial charge in [0, 0.05) is 5.69 Å². The maximum atomic E-state index is 12.0. The van der Waals surface area contributed by atoms with Crippen molar-refractivity contribution in [3.8, 4) is 0 Å². The van der Waals surface area contributed by atoms with Gasteiger partial charge in [0.1, 0.15) is 17.9 Å². The largest absolute Gasteiger partial charge is 0.325 e. The number of aromatic nitrogens is 2. The van der Waals surface area contributed by atoms with E-state index in [1.165, 1.54) is 18.5 Å². The van der Waals surface area contributed by atoms with Gasteiger partial charge in [0.25, 0.3) is 0 Å². The van der Waals surface area contributed by atoms with E-state index in [0.29, 0.717) is 5.69 Å². The topological polar surface area (TPSA) is 119 Å². The Kier molecular flexibility index (Phi) is 5.16. The summed E-state index contributed by atoms with van der Waals surface area (Å²) >= 11 is 0. The molecule has 9 nitrogen and oxygen atoms in total. The zero-order valence-corrected chi connectivity index (χ0v) is 14.4. The number of nitrogens with one attached hydrogen (secondary N) is 2. The number of benzene rings is 1. The van der Waals surface area contributed by atoms with Crippen LogP contribution in [0.1, 0.15) is 22.5 Å². The van der Waals surface area contributed by atoms with Gasteiger partial charge in [-0.1, -0.05) is 12.1 Å². The van der Waals surface area contributed by atoms with Crippen LogP contribution in [0.3, 0.4) is 0 Å². The lowest BCUT2D eigenvalue weighted by atomic mass is 10.1. The van der Waals surface area contributed by atoms with Crippen LogP contribution in [0.25, 0.3) is 0 Å². The molecule has 0 unspecified atom stereocenters. The molecule has 0 aliphatic heterocycles. The summed E-state index contributed by atoms with van der Waals surface area (Å²) in [6, 6.07) is 4.78. The minimum atomic E-state index is -0.672. The third-order valence-corrected chi connectivity index (χ3v) is 3.93. The summed E-state index contributed by atoms with van der Waals surface area (Å²) in [6.07, 6.45) is 0. The number of hydrogen-bond acceptors (Lipinski definition) is 5. The van der Waals surface area contributed by atoms with E-state index in [-0.39, 0.29) is 23.6 Å². The van der Waals surface area contributed by atoms with E-state index < -0.39 is 16.9 Å².